The predicted molar refractivity (Wildman–Crippen MR) is 101 cm³/mol. The number of anilines is 1. The number of halogens is 1. The number of nitrogens with one attached hydrogen (secondary N) is 1. The minimum atomic E-state index is -0.230. The lowest BCUT2D eigenvalue weighted by atomic mass is 10.1. The molecule has 2 aromatic carbocycles. The summed E-state index contributed by atoms with van der Waals surface area (Å²) >= 11 is 6.18. The first-order valence-corrected chi connectivity index (χ1v) is 8.36. The zero-order chi connectivity index (χ0) is 18.1. The van der Waals surface area contributed by atoms with E-state index in [-0.39, 0.29) is 5.91 Å². The molecule has 26 heavy (non-hydrogen) atoms. The van der Waals surface area contributed by atoms with E-state index in [9.17, 15) is 4.79 Å². The van der Waals surface area contributed by atoms with Gasteiger partial charge in [0.1, 0.15) is 5.52 Å². The Morgan fingerprint density at radius 3 is 2.81 bits per heavy atom. The van der Waals surface area contributed by atoms with E-state index in [1.165, 1.54) is 6.20 Å². The van der Waals surface area contributed by atoms with Crippen LogP contribution in [0, 0.1) is 6.92 Å². The lowest BCUT2D eigenvalue weighted by Crippen LogP contribution is -2.11. The maximum atomic E-state index is 12.2. The number of benzene rings is 2. The molecular formula is C20H14ClN3O2. The van der Waals surface area contributed by atoms with Gasteiger partial charge in [0.25, 0.3) is 5.91 Å². The van der Waals surface area contributed by atoms with Crippen LogP contribution in [0.2, 0.25) is 5.02 Å². The molecule has 4 rings (SSSR count). The number of nitrogens with zero attached hydrogens (tertiary/aromatic N) is 2. The van der Waals surface area contributed by atoms with Crippen LogP contribution in [-0.2, 0) is 0 Å². The van der Waals surface area contributed by atoms with Crippen LogP contribution in [0.1, 0.15) is 15.9 Å². The topological polar surface area (TPSA) is 68.0 Å². The Balaban J connectivity index is 1.63. The van der Waals surface area contributed by atoms with Crippen LogP contribution in [-0.4, -0.2) is 15.9 Å². The van der Waals surface area contributed by atoms with Crippen molar-refractivity contribution in [1.29, 1.82) is 0 Å². The summed E-state index contributed by atoms with van der Waals surface area (Å²) in [7, 11) is 0. The summed E-state index contributed by atoms with van der Waals surface area (Å²) in [6.07, 6.45) is 3.14. The van der Waals surface area contributed by atoms with Gasteiger partial charge in [-0.25, -0.2) is 4.98 Å². The van der Waals surface area contributed by atoms with E-state index >= 15 is 0 Å². The van der Waals surface area contributed by atoms with Crippen LogP contribution < -0.4 is 5.32 Å². The van der Waals surface area contributed by atoms with Gasteiger partial charge >= 0.3 is 0 Å². The fraction of sp³-hybridized carbons (Fsp3) is 0.0500. The molecular weight excluding hydrogens is 350 g/mol. The number of aryl methyl sites for hydroxylation is 1. The third-order valence-corrected chi connectivity index (χ3v) is 4.40. The van der Waals surface area contributed by atoms with Crippen LogP contribution in [0.25, 0.3) is 22.6 Å². The van der Waals surface area contributed by atoms with E-state index in [0.717, 1.165) is 11.1 Å². The number of fused-ring (bicyclic) bond motifs is 1. The second kappa shape index (κ2) is 6.61. The molecule has 0 saturated carbocycles. The smallest absolute Gasteiger partial charge is 0.257 e. The Morgan fingerprint density at radius 1 is 1.15 bits per heavy atom. The molecule has 0 bridgehead atoms. The highest BCUT2D eigenvalue weighted by Crippen LogP contribution is 2.29. The minimum Gasteiger partial charge on any atom is -0.436 e. The molecule has 0 spiro atoms. The number of hydrogen-bond acceptors (Lipinski definition) is 4. The van der Waals surface area contributed by atoms with Gasteiger partial charge in [-0.3, -0.25) is 9.78 Å². The maximum Gasteiger partial charge on any atom is 0.257 e. The largest absolute Gasteiger partial charge is 0.436 e. The lowest BCUT2D eigenvalue weighted by molar-refractivity contribution is 0.102. The average Bonchev–Trinajstić information content (AvgIpc) is 3.08. The van der Waals surface area contributed by atoms with Crippen molar-refractivity contribution in [3.05, 3.63) is 77.1 Å². The molecule has 0 fully saturated rings. The summed E-state index contributed by atoms with van der Waals surface area (Å²) < 4.78 is 5.80. The molecule has 5 nitrogen and oxygen atoms in total. The van der Waals surface area contributed by atoms with E-state index in [1.54, 1.807) is 36.5 Å². The van der Waals surface area contributed by atoms with Crippen molar-refractivity contribution in [3.8, 4) is 11.5 Å². The standard InChI is InChI=1S/C20H14ClN3O2/c1-12-4-5-13(9-16(12)21)20-24-17-10-15(6-7-18(17)26-20)23-19(25)14-3-2-8-22-11-14/h2-11H,1H3,(H,23,25). The zero-order valence-corrected chi connectivity index (χ0v) is 14.6. The number of amides is 1. The normalized spacial score (nSPS) is 10.8. The van der Waals surface area contributed by atoms with E-state index in [0.29, 0.717) is 33.3 Å². The summed E-state index contributed by atoms with van der Waals surface area (Å²) in [6, 6.07) is 14.4. The predicted octanol–water partition coefficient (Wildman–Crippen LogP) is 5.10. The first-order valence-electron chi connectivity index (χ1n) is 7.99. The molecule has 128 valence electrons. The van der Waals surface area contributed by atoms with Crippen molar-refractivity contribution in [1.82, 2.24) is 9.97 Å². The van der Waals surface area contributed by atoms with Crippen molar-refractivity contribution >= 4 is 34.3 Å². The highest BCUT2D eigenvalue weighted by atomic mass is 35.5. The Hall–Kier alpha value is -3.18. The van der Waals surface area contributed by atoms with Gasteiger partial charge in [-0.2, -0.15) is 0 Å². The Bertz CT molecular complexity index is 1110. The number of pyridine rings is 1. The number of oxazole rings is 1. The molecule has 2 aromatic heterocycles. The van der Waals surface area contributed by atoms with Crippen molar-refractivity contribution in [3.63, 3.8) is 0 Å². The SMILES string of the molecule is Cc1ccc(-c2nc3cc(NC(=O)c4cccnc4)ccc3o2)cc1Cl. The fourth-order valence-electron chi connectivity index (χ4n) is 2.55. The molecule has 1 N–H and O–H groups in total. The Kier molecular flexibility index (Phi) is 4.14. The molecule has 2 heterocycles. The molecule has 0 atom stereocenters. The Labute approximate surface area is 154 Å². The van der Waals surface area contributed by atoms with Crippen LogP contribution in [0.15, 0.2) is 65.3 Å². The summed E-state index contributed by atoms with van der Waals surface area (Å²) in [4.78, 5) is 20.7. The molecule has 6 heteroatoms. The monoisotopic (exact) mass is 363 g/mol. The van der Waals surface area contributed by atoms with E-state index < -0.39 is 0 Å². The number of aromatic nitrogens is 2. The van der Waals surface area contributed by atoms with E-state index in [2.05, 4.69) is 15.3 Å². The minimum absolute atomic E-state index is 0.230. The molecule has 0 aliphatic carbocycles. The quantitative estimate of drug-likeness (QED) is 0.549. The highest BCUT2D eigenvalue weighted by molar-refractivity contribution is 6.31. The molecule has 4 aromatic rings. The highest BCUT2D eigenvalue weighted by Gasteiger charge is 2.11. The maximum absolute atomic E-state index is 12.2. The number of carbonyl (C=O) groups is 1. The third kappa shape index (κ3) is 3.17. The number of hydrogen-bond donors (Lipinski definition) is 1. The van der Waals surface area contributed by atoms with E-state index in [4.69, 9.17) is 16.0 Å². The average molecular weight is 364 g/mol. The van der Waals surface area contributed by atoms with Gasteiger partial charge in [0, 0.05) is 28.7 Å². The molecule has 0 radical (unpaired) electrons. The summed E-state index contributed by atoms with van der Waals surface area (Å²) in [6.45, 7) is 1.94. The second-order valence-electron chi connectivity index (χ2n) is 5.86. The van der Waals surface area contributed by atoms with Crippen LogP contribution in [0.3, 0.4) is 0 Å². The van der Waals surface area contributed by atoms with Gasteiger partial charge in [0.05, 0.1) is 5.56 Å². The first-order chi connectivity index (χ1) is 12.6. The summed E-state index contributed by atoms with van der Waals surface area (Å²) in [5.41, 5.74) is 4.21. The van der Waals surface area contributed by atoms with Crippen molar-refractivity contribution in [2.75, 3.05) is 5.32 Å². The summed E-state index contributed by atoms with van der Waals surface area (Å²) in [5.74, 6) is 0.254. The number of carbonyl (C=O) groups excluding carboxylic acids is 1. The van der Waals surface area contributed by atoms with Gasteiger partial charge in [-0.05, 0) is 55.0 Å². The van der Waals surface area contributed by atoms with Gasteiger partial charge in [0.15, 0.2) is 5.58 Å². The lowest BCUT2D eigenvalue weighted by Gasteiger charge is -2.04. The first kappa shape index (κ1) is 16.3. The molecule has 0 saturated heterocycles. The van der Waals surface area contributed by atoms with Gasteiger partial charge < -0.3 is 9.73 Å². The number of rotatable bonds is 3. The van der Waals surface area contributed by atoms with E-state index in [1.807, 2.05) is 25.1 Å². The zero-order valence-electron chi connectivity index (χ0n) is 13.9. The van der Waals surface area contributed by atoms with Crippen molar-refractivity contribution < 1.29 is 9.21 Å². The van der Waals surface area contributed by atoms with Gasteiger partial charge in [-0.15, -0.1) is 0 Å². The second-order valence-corrected chi connectivity index (χ2v) is 6.27. The van der Waals surface area contributed by atoms with Crippen LogP contribution >= 0.6 is 11.6 Å². The van der Waals surface area contributed by atoms with Crippen LogP contribution in [0.4, 0.5) is 5.69 Å². The van der Waals surface area contributed by atoms with Crippen LogP contribution in [0.5, 0.6) is 0 Å². The van der Waals surface area contributed by atoms with Crippen molar-refractivity contribution in [2.45, 2.75) is 6.92 Å². The van der Waals surface area contributed by atoms with Gasteiger partial charge in [-0.1, -0.05) is 17.7 Å². The Morgan fingerprint density at radius 2 is 2.04 bits per heavy atom. The molecule has 1 amide bonds. The van der Waals surface area contributed by atoms with Crippen molar-refractivity contribution in [2.24, 2.45) is 0 Å². The molecule has 0 aliphatic rings. The summed E-state index contributed by atoms with van der Waals surface area (Å²) in [5, 5.41) is 3.50. The molecule has 0 aliphatic heterocycles. The molecule has 0 unspecified atom stereocenters. The third-order valence-electron chi connectivity index (χ3n) is 3.99. The van der Waals surface area contributed by atoms with Gasteiger partial charge in [0.2, 0.25) is 5.89 Å². The fourth-order valence-corrected chi connectivity index (χ4v) is 2.74.